The zero-order valence-corrected chi connectivity index (χ0v) is 9.14. The summed E-state index contributed by atoms with van der Waals surface area (Å²) in [6, 6.07) is 4.04. The zero-order valence-electron chi connectivity index (χ0n) is 9.14. The van der Waals surface area contributed by atoms with E-state index in [-0.39, 0.29) is 0 Å². The molecule has 0 atom stereocenters. The van der Waals surface area contributed by atoms with Crippen molar-refractivity contribution in [2.45, 2.75) is 20.0 Å². The van der Waals surface area contributed by atoms with Gasteiger partial charge in [0.25, 0.3) is 0 Å². The predicted octanol–water partition coefficient (Wildman–Crippen LogP) is 0.752. The van der Waals surface area contributed by atoms with Crippen molar-refractivity contribution in [2.24, 2.45) is 0 Å². The average Bonchev–Trinajstić information content (AvgIpc) is 2.74. The lowest BCUT2D eigenvalue weighted by molar-refractivity contribution is 0.508. The fraction of sp³-hybridized carbons (Fsp3) is 0.364. The summed E-state index contributed by atoms with van der Waals surface area (Å²) in [5.74, 6) is 1.92. The van der Waals surface area contributed by atoms with Crippen LogP contribution < -0.4 is 5.32 Å². The van der Waals surface area contributed by atoms with E-state index < -0.39 is 0 Å². The molecule has 0 aromatic carbocycles. The second-order valence-electron chi connectivity index (χ2n) is 3.96. The molecule has 0 amide bonds. The van der Waals surface area contributed by atoms with Crippen LogP contribution in [0.4, 0.5) is 0 Å². The summed E-state index contributed by atoms with van der Waals surface area (Å²) in [7, 11) is 0. The van der Waals surface area contributed by atoms with Crippen molar-refractivity contribution < 1.29 is 0 Å². The first kappa shape index (κ1) is 9.47. The van der Waals surface area contributed by atoms with Crippen LogP contribution in [0.1, 0.15) is 11.5 Å². The van der Waals surface area contributed by atoms with Crippen LogP contribution in [0.3, 0.4) is 0 Å². The molecule has 1 aliphatic heterocycles. The summed E-state index contributed by atoms with van der Waals surface area (Å²) >= 11 is 0. The van der Waals surface area contributed by atoms with Gasteiger partial charge in [-0.2, -0.15) is 0 Å². The van der Waals surface area contributed by atoms with E-state index in [1.165, 1.54) is 0 Å². The quantitative estimate of drug-likeness (QED) is 0.762. The molecule has 5 heteroatoms. The SMILES string of the molecule is Cc1ccc(-c2nnc3n2CCNC3)cn1. The molecule has 1 N–H and O–H groups in total. The number of fused-ring (bicyclic) bond motifs is 1. The minimum Gasteiger partial charge on any atom is -0.309 e. The molecule has 3 heterocycles. The minimum atomic E-state index is 0.798. The molecule has 0 unspecified atom stereocenters. The van der Waals surface area contributed by atoms with Crippen LogP contribution in [0.15, 0.2) is 18.3 Å². The predicted molar refractivity (Wildman–Crippen MR) is 59.7 cm³/mol. The topological polar surface area (TPSA) is 55.6 Å². The van der Waals surface area contributed by atoms with Gasteiger partial charge in [-0.3, -0.25) is 4.98 Å². The first-order valence-electron chi connectivity index (χ1n) is 5.40. The Balaban J connectivity index is 2.06. The Morgan fingerprint density at radius 3 is 3.06 bits per heavy atom. The number of nitrogens with one attached hydrogen (secondary N) is 1. The highest BCUT2D eigenvalue weighted by Gasteiger charge is 2.16. The molecule has 2 aromatic heterocycles. The maximum absolute atomic E-state index is 4.29. The van der Waals surface area contributed by atoms with Crippen LogP contribution >= 0.6 is 0 Å². The summed E-state index contributed by atoms with van der Waals surface area (Å²) in [5.41, 5.74) is 2.05. The van der Waals surface area contributed by atoms with Gasteiger partial charge in [0, 0.05) is 30.5 Å². The van der Waals surface area contributed by atoms with Crippen molar-refractivity contribution in [3.63, 3.8) is 0 Å². The first-order valence-corrected chi connectivity index (χ1v) is 5.40. The molecule has 2 aromatic rings. The van der Waals surface area contributed by atoms with Crippen molar-refractivity contribution in [3.8, 4) is 11.4 Å². The summed E-state index contributed by atoms with van der Waals surface area (Å²) in [6.07, 6.45) is 1.86. The lowest BCUT2D eigenvalue weighted by atomic mass is 10.2. The smallest absolute Gasteiger partial charge is 0.165 e. The molecule has 0 aliphatic carbocycles. The maximum atomic E-state index is 4.29. The summed E-state index contributed by atoms with van der Waals surface area (Å²) in [6.45, 7) is 4.67. The third-order valence-corrected chi connectivity index (χ3v) is 2.79. The molecular weight excluding hydrogens is 202 g/mol. The van der Waals surface area contributed by atoms with Crippen LogP contribution in [0.5, 0.6) is 0 Å². The Kier molecular flexibility index (Phi) is 2.18. The van der Waals surface area contributed by atoms with Crippen molar-refractivity contribution in [3.05, 3.63) is 29.8 Å². The highest BCUT2D eigenvalue weighted by molar-refractivity contribution is 5.54. The van der Waals surface area contributed by atoms with Gasteiger partial charge in [0.05, 0.1) is 6.54 Å². The lowest BCUT2D eigenvalue weighted by Crippen LogP contribution is -2.28. The molecule has 16 heavy (non-hydrogen) atoms. The molecule has 82 valence electrons. The minimum absolute atomic E-state index is 0.798. The molecule has 0 radical (unpaired) electrons. The number of rotatable bonds is 1. The Hall–Kier alpha value is -1.75. The number of aryl methyl sites for hydroxylation is 1. The monoisotopic (exact) mass is 215 g/mol. The van der Waals surface area contributed by atoms with Crippen molar-refractivity contribution in [1.29, 1.82) is 0 Å². The molecule has 0 fully saturated rings. The first-order chi connectivity index (χ1) is 7.84. The largest absolute Gasteiger partial charge is 0.309 e. The normalized spacial score (nSPS) is 14.8. The average molecular weight is 215 g/mol. The fourth-order valence-electron chi connectivity index (χ4n) is 1.91. The molecule has 5 nitrogen and oxygen atoms in total. The number of hydrogen-bond donors (Lipinski definition) is 1. The van der Waals surface area contributed by atoms with E-state index in [2.05, 4.69) is 25.1 Å². The van der Waals surface area contributed by atoms with Crippen LogP contribution in [0.2, 0.25) is 0 Å². The lowest BCUT2D eigenvalue weighted by Gasteiger charge is -2.15. The summed E-state index contributed by atoms with van der Waals surface area (Å²) in [5, 5.41) is 11.7. The summed E-state index contributed by atoms with van der Waals surface area (Å²) < 4.78 is 2.16. The van der Waals surface area contributed by atoms with Gasteiger partial charge in [0.2, 0.25) is 0 Å². The van der Waals surface area contributed by atoms with E-state index in [1.807, 2.05) is 25.3 Å². The fourth-order valence-corrected chi connectivity index (χ4v) is 1.91. The van der Waals surface area contributed by atoms with Gasteiger partial charge in [-0.15, -0.1) is 10.2 Å². The van der Waals surface area contributed by atoms with Crippen LogP contribution in [-0.4, -0.2) is 26.3 Å². The number of hydrogen-bond acceptors (Lipinski definition) is 4. The van der Waals surface area contributed by atoms with Gasteiger partial charge in [0.1, 0.15) is 5.82 Å². The second kappa shape index (κ2) is 3.68. The van der Waals surface area contributed by atoms with E-state index in [0.717, 1.165) is 42.5 Å². The molecule has 0 saturated heterocycles. The Morgan fingerprint density at radius 1 is 1.31 bits per heavy atom. The second-order valence-corrected chi connectivity index (χ2v) is 3.96. The van der Waals surface area contributed by atoms with Crippen LogP contribution in [0, 0.1) is 6.92 Å². The number of aromatic nitrogens is 4. The summed E-state index contributed by atoms with van der Waals surface area (Å²) in [4.78, 5) is 4.29. The van der Waals surface area contributed by atoms with Gasteiger partial charge in [-0.1, -0.05) is 0 Å². The maximum Gasteiger partial charge on any atom is 0.165 e. The highest BCUT2D eigenvalue weighted by atomic mass is 15.3. The Morgan fingerprint density at radius 2 is 2.25 bits per heavy atom. The van der Waals surface area contributed by atoms with E-state index in [0.29, 0.717) is 0 Å². The zero-order chi connectivity index (χ0) is 11.0. The number of nitrogens with zero attached hydrogens (tertiary/aromatic N) is 4. The van der Waals surface area contributed by atoms with Gasteiger partial charge in [-0.25, -0.2) is 0 Å². The number of pyridine rings is 1. The van der Waals surface area contributed by atoms with Gasteiger partial charge >= 0.3 is 0 Å². The molecular formula is C11H13N5. The van der Waals surface area contributed by atoms with Gasteiger partial charge in [0.15, 0.2) is 5.82 Å². The highest BCUT2D eigenvalue weighted by Crippen LogP contribution is 2.18. The molecule has 0 saturated carbocycles. The van der Waals surface area contributed by atoms with Gasteiger partial charge in [-0.05, 0) is 19.1 Å². The molecule has 1 aliphatic rings. The Bertz CT molecular complexity index is 500. The van der Waals surface area contributed by atoms with E-state index in [4.69, 9.17) is 0 Å². The molecule has 0 bridgehead atoms. The van der Waals surface area contributed by atoms with E-state index >= 15 is 0 Å². The Labute approximate surface area is 93.5 Å². The van der Waals surface area contributed by atoms with Gasteiger partial charge < -0.3 is 9.88 Å². The van der Waals surface area contributed by atoms with Crippen molar-refractivity contribution >= 4 is 0 Å². The van der Waals surface area contributed by atoms with Crippen LogP contribution in [0.25, 0.3) is 11.4 Å². The third kappa shape index (κ3) is 1.49. The van der Waals surface area contributed by atoms with Crippen molar-refractivity contribution in [2.75, 3.05) is 6.54 Å². The molecule has 0 spiro atoms. The van der Waals surface area contributed by atoms with E-state index in [1.54, 1.807) is 0 Å². The van der Waals surface area contributed by atoms with E-state index in [9.17, 15) is 0 Å². The van der Waals surface area contributed by atoms with Crippen LogP contribution in [-0.2, 0) is 13.1 Å². The third-order valence-electron chi connectivity index (χ3n) is 2.79. The molecule has 3 rings (SSSR count). The van der Waals surface area contributed by atoms with Crippen molar-refractivity contribution in [1.82, 2.24) is 25.1 Å². The standard InChI is InChI=1S/C11H13N5/c1-8-2-3-9(6-13-8)11-15-14-10-7-12-4-5-16(10)11/h2-3,6,12H,4-5,7H2,1H3.